The summed E-state index contributed by atoms with van der Waals surface area (Å²) in [4.78, 5) is 12.8. The summed E-state index contributed by atoms with van der Waals surface area (Å²) in [5.74, 6) is 2.27. The number of hydrogen-bond acceptors (Lipinski definition) is 2. The maximum atomic E-state index is 12.8. The van der Waals surface area contributed by atoms with Crippen LogP contribution in [0.15, 0.2) is 72.8 Å². The number of nitrogens with one attached hydrogen (secondary N) is 1. The molecule has 2 aliphatic rings. The second-order valence-electron chi connectivity index (χ2n) is 8.04. The molecule has 2 aromatic carbocycles. The van der Waals surface area contributed by atoms with Gasteiger partial charge in [-0.2, -0.15) is 0 Å². The largest absolute Gasteiger partial charge is 0.497 e. The molecule has 0 radical (unpaired) electrons. The first kappa shape index (κ1) is 19.5. The van der Waals surface area contributed by atoms with Gasteiger partial charge in [-0.1, -0.05) is 67.6 Å². The molecule has 1 saturated carbocycles. The van der Waals surface area contributed by atoms with E-state index < -0.39 is 0 Å². The predicted octanol–water partition coefficient (Wildman–Crippen LogP) is 5.70. The third kappa shape index (κ3) is 4.45. The molecule has 29 heavy (non-hydrogen) atoms. The maximum absolute atomic E-state index is 12.8. The number of carbonyl (C=O) groups is 1. The molecule has 0 aromatic heterocycles. The highest BCUT2D eigenvalue weighted by molar-refractivity contribution is 5.82. The number of allylic oxidation sites excluding steroid dienone is 4. The van der Waals surface area contributed by atoms with Gasteiger partial charge >= 0.3 is 0 Å². The van der Waals surface area contributed by atoms with Crippen LogP contribution < -0.4 is 10.1 Å². The fraction of sp³-hybridized carbons (Fsp3) is 0.346. The van der Waals surface area contributed by atoms with Gasteiger partial charge in [0, 0.05) is 5.92 Å². The van der Waals surface area contributed by atoms with Gasteiger partial charge in [0.25, 0.3) is 0 Å². The van der Waals surface area contributed by atoms with E-state index in [2.05, 4.69) is 72.9 Å². The first-order chi connectivity index (χ1) is 14.2. The number of ether oxygens (including phenoxy) is 1. The fourth-order valence-corrected chi connectivity index (χ4v) is 4.30. The second kappa shape index (κ2) is 8.69. The van der Waals surface area contributed by atoms with Crippen LogP contribution in [0.3, 0.4) is 0 Å². The number of benzene rings is 2. The van der Waals surface area contributed by atoms with E-state index in [1.807, 2.05) is 12.1 Å². The van der Waals surface area contributed by atoms with Crippen LogP contribution in [0.1, 0.15) is 37.8 Å². The molecule has 0 heterocycles. The standard InChI is InChI=1S/C26H29NO2/c1-3-25(27-26(28)24-17-23(24)20-7-5-4-6-8-20)21-11-9-18(10-12-21)19-13-15-22(29-2)16-14-19/h4-7,9-16,20,23-25H,3,8,17H2,1-2H3,(H,27,28)/t20?,23-,24+,25+/m1/s1. The predicted molar refractivity (Wildman–Crippen MR) is 118 cm³/mol. The van der Waals surface area contributed by atoms with E-state index in [0.717, 1.165) is 41.7 Å². The summed E-state index contributed by atoms with van der Waals surface area (Å²) < 4.78 is 5.23. The number of methoxy groups -OCH3 is 1. The minimum Gasteiger partial charge on any atom is -0.497 e. The Labute approximate surface area is 173 Å². The second-order valence-corrected chi connectivity index (χ2v) is 8.04. The zero-order chi connectivity index (χ0) is 20.2. The normalized spacial score (nSPS) is 23.4. The minimum absolute atomic E-state index is 0.0652. The molecule has 1 fully saturated rings. The van der Waals surface area contributed by atoms with Crippen molar-refractivity contribution in [3.8, 4) is 16.9 Å². The van der Waals surface area contributed by atoms with E-state index >= 15 is 0 Å². The lowest BCUT2D eigenvalue weighted by Crippen LogP contribution is -2.30. The van der Waals surface area contributed by atoms with E-state index in [0.29, 0.717) is 11.8 Å². The monoisotopic (exact) mass is 387 g/mol. The molecule has 2 aromatic rings. The van der Waals surface area contributed by atoms with Crippen molar-refractivity contribution in [1.82, 2.24) is 5.32 Å². The Bertz CT molecular complexity index is 895. The summed E-state index contributed by atoms with van der Waals surface area (Å²) in [5, 5.41) is 3.29. The van der Waals surface area contributed by atoms with Gasteiger partial charge in [0.05, 0.1) is 13.2 Å². The molecule has 1 amide bonds. The molecule has 1 N–H and O–H groups in total. The van der Waals surface area contributed by atoms with E-state index in [-0.39, 0.29) is 17.9 Å². The molecular weight excluding hydrogens is 358 g/mol. The first-order valence-electron chi connectivity index (χ1n) is 10.6. The molecule has 2 aliphatic carbocycles. The Balaban J connectivity index is 1.38. The Kier molecular flexibility index (Phi) is 5.84. The summed E-state index contributed by atoms with van der Waals surface area (Å²) >= 11 is 0. The topological polar surface area (TPSA) is 38.3 Å². The van der Waals surface area contributed by atoms with Crippen LogP contribution in [0, 0.1) is 17.8 Å². The summed E-state index contributed by atoms with van der Waals surface area (Å²) in [6.45, 7) is 2.13. The van der Waals surface area contributed by atoms with Crippen molar-refractivity contribution < 1.29 is 9.53 Å². The van der Waals surface area contributed by atoms with Crippen LogP contribution in [-0.2, 0) is 4.79 Å². The summed E-state index contributed by atoms with van der Waals surface area (Å²) in [5.41, 5.74) is 3.48. The number of amides is 1. The Morgan fingerprint density at radius 2 is 1.76 bits per heavy atom. The summed E-state index contributed by atoms with van der Waals surface area (Å²) in [6, 6.07) is 16.7. The molecule has 0 aliphatic heterocycles. The van der Waals surface area contributed by atoms with Crippen LogP contribution in [0.5, 0.6) is 5.75 Å². The molecule has 0 spiro atoms. The van der Waals surface area contributed by atoms with Gasteiger partial charge in [-0.3, -0.25) is 4.79 Å². The van der Waals surface area contributed by atoms with Crippen LogP contribution in [0.25, 0.3) is 11.1 Å². The highest BCUT2D eigenvalue weighted by Gasteiger charge is 2.46. The lowest BCUT2D eigenvalue weighted by Gasteiger charge is -2.19. The first-order valence-corrected chi connectivity index (χ1v) is 10.6. The zero-order valence-corrected chi connectivity index (χ0v) is 17.2. The van der Waals surface area contributed by atoms with Crippen molar-refractivity contribution in [3.63, 3.8) is 0 Å². The van der Waals surface area contributed by atoms with Gasteiger partial charge in [-0.25, -0.2) is 0 Å². The smallest absolute Gasteiger partial charge is 0.223 e. The fourth-order valence-electron chi connectivity index (χ4n) is 4.30. The number of carbonyl (C=O) groups excluding carboxylic acids is 1. The molecular formula is C26H29NO2. The molecule has 4 rings (SSSR count). The molecule has 3 heteroatoms. The maximum Gasteiger partial charge on any atom is 0.223 e. The van der Waals surface area contributed by atoms with Gasteiger partial charge < -0.3 is 10.1 Å². The number of rotatable bonds is 7. The molecule has 150 valence electrons. The third-order valence-corrected chi connectivity index (χ3v) is 6.20. The van der Waals surface area contributed by atoms with Crippen LogP contribution in [0.2, 0.25) is 0 Å². The average molecular weight is 388 g/mol. The molecule has 3 nitrogen and oxygen atoms in total. The van der Waals surface area contributed by atoms with Gasteiger partial charge in [-0.15, -0.1) is 0 Å². The van der Waals surface area contributed by atoms with E-state index in [9.17, 15) is 4.79 Å². The molecule has 4 atom stereocenters. The highest BCUT2D eigenvalue weighted by Crippen LogP contribution is 2.47. The van der Waals surface area contributed by atoms with Gasteiger partial charge in [0.15, 0.2) is 0 Å². The Hall–Kier alpha value is -2.81. The number of hydrogen-bond donors (Lipinski definition) is 1. The van der Waals surface area contributed by atoms with E-state index in [1.165, 1.54) is 0 Å². The Morgan fingerprint density at radius 3 is 2.34 bits per heavy atom. The van der Waals surface area contributed by atoms with Crippen molar-refractivity contribution in [2.45, 2.75) is 32.2 Å². The van der Waals surface area contributed by atoms with Crippen LogP contribution >= 0.6 is 0 Å². The quantitative estimate of drug-likeness (QED) is 0.662. The average Bonchev–Trinajstić information content (AvgIpc) is 3.59. The van der Waals surface area contributed by atoms with E-state index in [4.69, 9.17) is 4.74 Å². The summed E-state index contributed by atoms with van der Waals surface area (Å²) in [7, 11) is 1.68. The zero-order valence-electron chi connectivity index (χ0n) is 17.2. The SMILES string of the molecule is CC[C@H](NC(=O)[C@H]1C[C@@H]1C1C=CC=CC1)c1ccc(-c2ccc(OC)cc2)cc1. The lowest BCUT2D eigenvalue weighted by molar-refractivity contribution is -0.123. The minimum atomic E-state index is 0.0652. The van der Waals surface area contributed by atoms with Gasteiger partial charge in [0.1, 0.15) is 5.75 Å². The van der Waals surface area contributed by atoms with Crippen molar-refractivity contribution in [2.24, 2.45) is 17.8 Å². The van der Waals surface area contributed by atoms with Crippen molar-refractivity contribution >= 4 is 5.91 Å². The van der Waals surface area contributed by atoms with Crippen molar-refractivity contribution in [3.05, 3.63) is 78.4 Å². The molecule has 1 unspecified atom stereocenters. The summed E-state index contributed by atoms with van der Waals surface area (Å²) in [6.07, 6.45) is 11.6. The molecule has 0 bridgehead atoms. The lowest BCUT2D eigenvalue weighted by atomic mass is 9.94. The van der Waals surface area contributed by atoms with Gasteiger partial charge in [0.2, 0.25) is 5.91 Å². The van der Waals surface area contributed by atoms with Crippen molar-refractivity contribution in [2.75, 3.05) is 7.11 Å². The highest BCUT2D eigenvalue weighted by atomic mass is 16.5. The van der Waals surface area contributed by atoms with Crippen LogP contribution in [0.4, 0.5) is 0 Å². The van der Waals surface area contributed by atoms with E-state index in [1.54, 1.807) is 7.11 Å². The Morgan fingerprint density at radius 1 is 1.07 bits per heavy atom. The van der Waals surface area contributed by atoms with Crippen LogP contribution in [-0.4, -0.2) is 13.0 Å². The van der Waals surface area contributed by atoms with Crippen molar-refractivity contribution in [1.29, 1.82) is 0 Å². The molecule has 0 saturated heterocycles. The third-order valence-electron chi connectivity index (χ3n) is 6.20. The van der Waals surface area contributed by atoms with Gasteiger partial charge in [-0.05, 0) is 59.9 Å².